The molecule has 0 aromatic carbocycles. The lowest BCUT2D eigenvalue weighted by molar-refractivity contribution is 0.490. The van der Waals surface area contributed by atoms with Gasteiger partial charge in [0.1, 0.15) is 0 Å². The fraction of sp³-hybridized carbons (Fsp3) is 0.333. The second-order valence-corrected chi connectivity index (χ2v) is 4.74. The molecule has 16 heavy (non-hydrogen) atoms. The van der Waals surface area contributed by atoms with Crippen LogP contribution in [0.4, 0.5) is 0 Å². The van der Waals surface area contributed by atoms with Crippen molar-refractivity contribution in [3.8, 4) is 0 Å². The van der Waals surface area contributed by atoms with Crippen molar-refractivity contribution in [2.45, 2.75) is 25.9 Å². The van der Waals surface area contributed by atoms with Crippen LogP contribution in [0.5, 0.6) is 0 Å². The van der Waals surface area contributed by atoms with E-state index in [9.17, 15) is 0 Å². The summed E-state index contributed by atoms with van der Waals surface area (Å²) in [5.41, 5.74) is 0.978. The molecule has 2 aromatic heterocycles. The quantitative estimate of drug-likeness (QED) is 0.882. The molecule has 0 fully saturated rings. The van der Waals surface area contributed by atoms with E-state index in [0.29, 0.717) is 6.04 Å². The number of nitrogens with one attached hydrogen (secondary N) is 1. The molecule has 3 nitrogen and oxygen atoms in total. The highest BCUT2D eigenvalue weighted by molar-refractivity contribution is 7.10. The van der Waals surface area contributed by atoms with Crippen molar-refractivity contribution in [1.29, 1.82) is 0 Å². The predicted octanol–water partition coefficient (Wildman–Crippen LogP) is 2.95. The van der Waals surface area contributed by atoms with Gasteiger partial charge in [0, 0.05) is 35.6 Å². The summed E-state index contributed by atoms with van der Waals surface area (Å²) in [5, 5.41) is 5.60. The third kappa shape index (κ3) is 2.65. The molecule has 0 saturated carbocycles. The SMILES string of the molecule is CC(N[C@H](C)c1cccs1)c1cnccn1. The molecule has 0 aliphatic rings. The first-order chi connectivity index (χ1) is 7.77. The van der Waals surface area contributed by atoms with Gasteiger partial charge in [-0.3, -0.25) is 9.97 Å². The molecule has 0 spiro atoms. The molecule has 0 radical (unpaired) electrons. The third-order valence-electron chi connectivity index (χ3n) is 2.50. The van der Waals surface area contributed by atoms with Gasteiger partial charge in [0.05, 0.1) is 5.69 Å². The van der Waals surface area contributed by atoms with Gasteiger partial charge >= 0.3 is 0 Å². The third-order valence-corrected chi connectivity index (χ3v) is 3.55. The zero-order valence-electron chi connectivity index (χ0n) is 9.42. The van der Waals surface area contributed by atoms with Gasteiger partial charge in [-0.15, -0.1) is 11.3 Å². The highest BCUT2D eigenvalue weighted by Gasteiger charge is 2.12. The minimum absolute atomic E-state index is 0.214. The number of nitrogens with zero attached hydrogens (tertiary/aromatic N) is 2. The first-order valence-electron chi connectivity index (χ1n) is 5.32. The Labute approximate surface area is 99.6 Å². The molecule has 2 atom stereocenters. The van der Waals surface area contributed by atoms with Crippen LogP contribution in [0.2, 0.25) is 0 Å². The summed E-state index contributed by atoms with van der Waals surface area (Å²) < 4.78 is 0. The van der Waals surface area contributed by atoms with Gasteiger partial charge in [-0.25, -0.2) is 0 Å². The van der Waals surface area contributed by atoms with Gasteiger partial charge in [-0.05, 0) is 25.3 Å². The molecular weight excluding hydrogens is 218 g/mol. The summed E-state index contributed by atoms with van der Waals surface area (Å²) in [6, 6.07) is 4.78. The largest absolute Gasteiger partial charge is 0.301 e. The van der Waals surface area contributed by atoms with E-state index in [1.54, 1.807) is 29.9 Å². The first-order valence-corrected chi connectivity index (χ1v) is 6.20. The summed E-state index contributed by atoms with van der Waals surface area (Å²) in [5.74, 6) is 0. The Morgan fingerprint density at radius 1 is 1.25 bits per heavy atom. The lowest BCUT2D eigenvalue weighted by atomic mass is 10.2. The molecule has 0 saturated heterocycles. The molecular formula is C12H15N3S. The highest BCUT2D eigenvalue weighted by Crippen LogP contribution is 2.21. The van der Waals surface area contributed by atoms with Crippen LogP contribution in [0.1, 0.15) is 36.5 Å². The predicted molar refractivity (Wildman–Crippen MR) is 66.3 cm³/mol. The maximum Gasteiger partial charge on any atom is 0.0753 e. The Kier molecular flexibility index (Phi) is 3.64. The number of hydrogen-bond acceptors (Lipinski definition) is 4. The molecule has 1 unspecified atom stereocenters. The van der Waals surface area contributed by atoms with Crippen LogP contribution in [-0.4, -0.2) is 9.97 Å². The van der Waals surface area contributed by atoms with Gasteiger partial charge in [-0.2, -0.15) is 0 Å². The minimum Gasteiger partial charge on any atom is -0.301 e. The van der Waals surface area contributed by atoms with E-state index in [-0.39, 0.29) is 6.04 Å². The van der Waals surface area contributed by atoms with Gasteiger partial charge in [0.25, 0.3) is 0 Å². The number of thiophene rings is 1. The highest BCUT2D eigenvalue weighted by atomic mass is 32.1. The summed E-state index contributed by atoms with van der Waals surface area (Å²) >= 11 is 1.77. The molecule has 2 heterocycles. The maximum absolute atomic E-state index is 4.29. The van der Waals surface area contributed by atoms with Crippen LogP contribution < -0.4 is 5.32 Å². The van der Waals surface area contributed by atoms with E-state index in [1.165, 1.54) is 4.88 Å². The van der Waals surface area contributed by atoms with Crippen molar-refractivity contribution < 1.29 is 0 Å². The maximum atomic E-state index is 4.29. The van der Waals surface area contributed by atoms with Crippen molar-refractivity contribution in [1.82, 2.24) is 15.3 Å². The summed E-state index contributed by atoms with van der Waals surface area (Å²) in [6.07, 6.45) is 5.22. The van der Waals surface area contributed by atoms with Crippen molar-refractivity contribution in [2.75, 3.05) is 0 Å². The molecule has 1 N–H and O–H groups in total. The Morgan fingerprint density at radius 2 is 2.12 bits per heavy atom. The van der Waals surface area contributed by atoms with Crippen molar-refractivity contribution >= 4 is 11.3 Å². The molecule has 0 aliphatic carbocycles. The zero-order chi connectivity index (χ0) is 11.4. The summed E-state index contributed by atoms with van der Waals surface area (Å²) in [7, 11) is 0. The van der Waals surface area contributed by atoms with Crippen LogP contribution in [0, 0.1) is 0 Å². The fourth-order valence-electron chi connectivity index (χ4n) is 1.61. The summed E-state index contributed by atoms with van der Waals surface area (Å²) in [6.45, 7) is 4.27. The Morgan fingerprint density at radius 3 is 2.75 bits per heavy atom. The van der Waals surface area contributed by atoms with Crippen LogP contribution in [0.25, 0.3) is 0 Å². The van der Waals surface area contributed by atoms with E-state index in [4.69, 9.17) is 0 Å². The Bertz CT molecular complexity index is 413. The van der Waals surface area contributed by atoms with Crippen LogP contribution in [0.3, 0.4) is 0 Å². The smallest absolute Gasteiger partial charge is 0.0753 e. The van der Waals surface area contributed by atoms with Crippen LogP contribution in [0.15, 0.2) is 36.1 Å². The molecule has 0 bridgehead atoms. The standard InChI is InChI=1S/C12H15N3S/c1-9(11-8-13-5-6-14-11)15-10(2)12-4-3-7-16-12/h3-10,15H,1-2H3/t9?,10-/m1/s1. The van der Waals surface area contributed by atoms with Crippen molar-refractivity contribution in [2.24, 2.45) is 0 Å². The van der Waals surface area contributed by atoms with Gasteiger partial charge < -0.3 is 5.32 Å². The normalized spacial score (nSPS) is 14.6. The number of hydrogen-bond donors (Lipinski definition) is 1. The number of aromatic nitrogens is 2. The van der Waals surface area contributed by atoms with Crippen LogP contribution >= 0.6 is 11.3 Å². The molecule has 4 heteroatoms. The molecule has 2 aromatic rings. The average Bonchev–Trinajstić information content (AvgIpc) is 2.83. The lowest BCUT2D eigenvalue weighted by Crippen LogP contribution is -2.22. The van der Waals surface area contributed by atoms with Gasteiger partial charge in [-0.1, -0.05) is 6.07 Å². The van der Waals surface area contributed by atoms with Gasteiger partial charge in [0.2, 0.25) is 0 Å². The first kappa shape index (κ1) is 11.2. The van der Waals surface area contributed by atoms with Crippen LogP contribution in [-0.2, 0) is 0 Å². The lowest BCUT2D eigenvalue weighted by Gasteiger charge is -2.18. The van der Waals surface area contributed by atoms with Crippen molar-refractivity contribution in [3.05, 3.63) is 46.7 Å². The monoisotopic (exact) mass is 233 g/mol. The zero-order valence-corrected chi connectivity index (χ0v) is 10.2. The molecule has 0 amide bonds. The Balaban J connectivity index is 2.00. The topological polar surface area (TPSA) is 37.8 Å². The second-order valence-electron chi connectivity index (χ2n) is 3.76. The molecule has 2 rings (SSSR count). The Hall–Kier alpha value is -1.26. The minimum atomic E-state index is 0.214. The van der Waals surface area contributed by atoms with E-state index in [0.717, 1.165) is 5.69 Å². The van der Waals surface area contributed by atoms with E-state index in [1.807, 2.05) is 0 Å². The van der Waals surface area contributed by atoms with E-state index >= 15 is 0 Å². The number of rotatable bonds is 4. The van der Waals surface area contributed by atoms with E-state index < -0.39 is 0 Å². The molecule has 0 aliphatic heterocycles. The second kappa shape index (κ2) is 5.18. The molecule has 84 valence electrons. The van der Waals surface area contributed by atoms with Crippen molar-refractivity contribution in [3.63, 3.8) is 0 Å². The van der Waals surface area contributed by atoms with Gasteiger partial charge in [0.15, 0.2) is 0 Å². The summed E-state index contributed by atoms with van der Waals surface area (Å²) in [4.78, 5) is 9.71. The average molecular weight is 233 g/mol. The fourth-order valence-corrected chi connectivity index (χ4v) is 2.36. The van der Waals surface area contributed by atoms with E-state index in [2.05, 4.69) is 46.6 Å².